The molecule has 6 rings (SSSR count). The molecule has 1 saturated heterocycles. The number of hydrogen-bond donors (Lipinski definition) is 1. The van der Waals surface area contributed by atoms with E-state index in [2.05, 4.69) is 9.97 Å². The molecule has 0 aliphatic carbocycles. The first-order valence-corrected chi connectivity index (χ1v) is 12.5. The highest BCUT2D eigenvalue weighted by molar-refractivity contribution is 5.84. The zero-order valence-corrected chi connectivity index (χ0v) is 20.5. The molecular weight excluding hydrogens is 477 g/mol. The molecule has 0 spiro atoms. The minimum atomic E-state index is -1.44. The number of halogens is 1. The number of rotatable bonds is 6. The molecule has 37 heavy (non-hydrogen) atoms. The van der Waals surface area contributed by atoms with E-state index in [1.807, 2.05) is 46.0 Å². The minimum absolute atomic E-state index is 0.0413. The van der Waals surface area contributed by atoms with Crippen molar-refractivity contribution in [3.05, 3.63) is 70.8 Å². The summed E-state index contributed by atoms with van der Waals surface area (Å²) < 4.78 is 28.4. The third-order valence-electron chi connectivity index (χ3n) is 7.04. The first-order valence-electron chi connectivity index (χ1n) is 12.5. The molecule has 0 radical (unpaired) electrons. The van der Waals surface area contributed by atoms with Gasteiger partial charge in [-0.15, -0.1) is 0 Å². The summed E-state index contributed by atoms with van der Waals surface area (Å²) in [5.74, 6) is 1.07. The molecule has 4 heterocycles. The number of aliphatic hydroxyl groups is 1. The predicted molar refractivity (Wildman–Crippen MR) is 137 cm³/mol. The third kappa shape index (κ3) is 4.25. The zero-order valence-electron chi connectivity index (χ0n) is 20.5. The predicted octanol–water partition coefficient (Wildman–Crippen LogP) is 3.14. The fourth-order valence-electron chi connectivity index (χ4n) is 5.33. The highest BCUT2D eigenvalue weighted by Crippen LogP contribution is 2.37. The van der Waals surface area contributed by atoms with E-state index < -0.39 is 6.36 Å². The molecule has 9 nitrogen and oxygen atoms in total. The summed E-state index contributed by atoms with van der Waals surface area (Å²) in [6.07, 6.45) is 2.58. The molecule has 0 bridgehead atoms. The Morgan fingerprint density at radius 3 is 2.76 bits per heavy atom. The molecule has 1 unspecified atom stereocenters. The zero-order chi connectivity index (χ0) is 25.5. The lowest BCUT2D eigenvalue weighted by molar-refractivity contribution is 0.00314. The van der Waals surface area contributed by atoms with E-state index in [1.54, 1.807) is 23.1 Å². The van der Waals surface area contributed by atoms with Gasteiger partial charge < -0.3 is 19.5 Å². The second-order valence-electron chi connectivity index (χ2n) is 9.40. The molecule has 1 N–H and O–H groups in total. The van der Waals surface area contributed by atoms with E-state index in [4.69, 9.17) is 9.47 Å². The SMILES string of the molecule is CC(F)Oc1ccccc1[C@@H]1CCn2c(=O)c3ccc(-c4cnc(N5CCO[C@@H](CO)C5)nc4)cc3n21. The van der Waals surface area contributed by atoms with Crippen LogP contribution >= 0.6 is 0 Å². The van der Waals surface area contributed by atoms with Crippen LogP contribution in [0.3, 0.4) is 0 Å². The topological polar surface area (TPSA) is 94.6 Å². The Hall–Kier alpha value is -3.76. The van der Waals surface area contributed by atoms with Gasteiger partial charge in [0.2, 0.25) is 12.3 Å². The van der Waals surface area contributed by atoms with Crippen LogP contribution in [0.5, 0.6) is 5.75 Å². The smallest absolute Gasteiger partial charge is 0.274 e. The van der Waals surface area contributed by atoms with Crippen molar-refractivity contribution in [2.75, 3.05) is 31.2 Å². The van der Waals surface area contributed by atoms with Crippen LogP contribution in [0.2, 0.25) is 0 Å². The summed E-state index contributed by atoms with van der Waals surface area (Å²) in [5.41, 5.74) is 3.33. The lowest BCUT2D eigenvalue weighted by atomic mass is 10.0. The summed E-state index contributed by atoms with van der Waals surface area (Å²) in [7, 11) is 0. The number of anilines is 1. The number of aromatic nitrogens is 4. The van der Waals surface area contributed by atoms with Gasteiger partial charge in [0.1, 0.15) is 5.75 Å². The maximum absolute atomic E-state index is 13.7. The monoisotopic (exact) mass is 505 g/mol. The lowest BCUT2D eigenvalue weighted by Crippen LogP contribution is -2.44. The largest absolute Gasteiger partial charge is 0.460 e. The Balaban J connectivity index is 1.36. The number of para-hydroxylation sites is 1. The summed E-state index contributed by atoms with van der Waals surface area (Å²) in [6, 6.07) is 13.0. The first kappa shape index (κ1) is 23.6. The normalized spacial score (nSPS) is 20.2. The van der Waals surface area contributed by atoms with E-state index in [1.165, 1.54) is 6.92 Å². The molecule has 0 amide bonds. The molecule has 4 aromatic rings. The van der Waals surface area contributed by atoms with Crippen molar-refractivity contribution in [2.24, 2.45) is 0 Å². The van der Waals surface area contributed by atoms with Crippen LogP contribution < -0.4 is 15.2 Å². The molecule has 3 atom stereocenters. The maximum Gasteiger partial charge on any atom is 0.274 e. The molecule has 2 aromatic heterocycles. The van der Waals surface area contributed by atoms with Crippen molar-refractivity contribution >= 4 is 16.9 Å². The highest BCUT2D eigenvalue weighted by atomic mass is 19.1. The summed E-state index contributed by atoms with van der Waals surface area (Å²) in [4.78, 5) is 24.3. The number of hydrogen-bond acceptors (Lipinski definition) is 7. The van der Waals surface area contributed by atoms with E-state index in [0.717, 1.165) is 22.2 Å². The average Bonchev–Trinajstić information content (AvgIpc) is 3.48. The van der Waals surface area contributed by atoms with Gasteiger partial charge in [0.25, 0.3) is 5.56 Å². The molecule has 2 aromatic carbocycles. The van der Waals surface area contributed by atoms with Crippen LogP contribution in [0.1, 0.15) is 24.9 Å². The van der Waals surface area contributed by atoms with Crippen LogP contribution in [-0.2, 0) is 11.3 Å². The number of alkyl halides is 1. The second-order valence-corrected chi connectivity index (χ2v) is 9.40. The van der Waals surface area contributed by atoms with Gasteiger partial charge in [0.15, 0.2) is 0 Å². The van der Waals surface area contributed by atoms with Gasteiger partial charge in [0, 0.05) is 50.1 Å². The van der Waals surface area contributed by atoms with Crippen LogP contribution in [-0.4, -0.2) is 63.2 Å². The number of fused-ring (bicyclic) bond motifs is 3. The van der Waals surface area contributed by atoms with Crippen molar-refractivity contribution in [1.82, 2.24) is 19.3 Å². The van der Waals surface area contributed by atoms with Gasteiger partial charge in [-0.2, -0.15) is 0 Å². The van der Waals surface area contributed by atoms with Crippen molar-refractivity contribution in [3.63, 3.8) is 0 Å². The number of morpholine rings is 1. The van der Waals surface area contributed by atoms with E-state index in [0.29, 0.717) is 49.7 Å². The molecule has 1 fully saturated rings. The number of nitrogens with zero attached hydrogens (tertiary/aromatic N) is 5. The van der Waals surface area contributed by atoms with E-state index in [9.17, 15) is 14.3 Å². The number of ether oxygens (including phenoxy) is 2. The summed E-state index contributed by atoms with van der Waals surface area (Å²) >= 11 is 0. The van der Waals surface area contributed by atoms with Crippen molar-refractivity contribution in [3.8, 4) is 16.9 Å². The average molecular weight is 506 g/mol. The third-order valence-corrected chi connectivity index (χ3v) is 7.04. The van der Waals surface area contributed by atoms with Gasteiger partial charge in [-0.25, -0.2) is 19.0 Å². The molecule has 2 aliphatic heterocycles. The maximum atomic E-state index is 13.7. The van der Waals surface area contributed by atoms with Gasteiger partial charge in [0.05, 0.1) is 36.3 Å². The van der Waals surface area contributed by atoms with Gasteiger partial charge in [-0.1, -0.05) is 24.3 Å². The quantitative estimate of drug-likeness (QED) is 0.430. The minimum Gasteiger partial charge on any atom is -0.460 e. The van der Waals surface area contributed by atoms with Crippen LogP contribution in [0.4, 0.5) is 10.3 Å². The van der Waals surface area contributed by atoms with Crippen LogP contribution in [0, 0.1) is 0 Å². The van der Waals surface area contributed by atoms with Gasteiger partial charge >= 0.3 is 0 Å². The van der Waals surface area contributed by atoms with Crippen molar-refractivity contribution < 1.29 is 19.0 Å². The standard InChI is InChI=1S/C27H28FN5O4/c1-17(28)37-25-5-3-2-4-21(25)23-8-9-32-26(35)22-7-6-18(12-24(22)33(23)32)19-13-29-27(30-14-19)31-10-11-36-20(15-31)16-34/h2-7,12-14,17,20,23,34H,8-11,15-16H2,1H3/t17?,20-,23+/m1/s1. The Morgan fingerprint density at radius 1 is 1.16 bits per heavy atom. The van der Waals surface area contributed by atoms with Gasteiger partial charge in [-0.05, 0) is 30.2 Å². The Labute approximate surface area is 212 Å². The Kier molecular flexibility index (Phi) is 6.13. The van der Waals surface area contributed by atoms with Crippen LogP contribution in [0.15, 0.2) is 59.7 Å². The molecule has 10 heteroatoms. The number of benzene rings is 2. The number of aliphatic hydroxyl groups excluding tert-OH is 1. The molecule has 0 saturated carbocycles. The summed E-state index contributed by atoms with van der Waals surface area (Å²) in [5, 5.41) is 10.0. The molecule has 192 valence electrons. The first-order chi connectivity index (χ1) is 18.0. The lowest BCUT2D eigenvalue weighted by Gasteiger charge is -2.31. The fraction of sp³-hybridized carbons (Fsp3) is 0.370. The molecular formula is C27H28FN5O4. The Bertz CT molecular complexity index is 1480. The van der Waals surface area contributed by atoms with Crippen molar-refractivity contribution in [1.29, 1.82) is 0 Å². The Morgan fingerprint density at radius 2 is 1.97 bits per heavy atom. The fourth-order valence-corrected chi connectivity index (χ4v) is 5.33. The van der Waals surface area contributed by atoms with E-state index >= 15 is 0 Å². The second kappa shape index (κ2) is 9.60. The van der Waals surface area contributed by atoms with Crippen molar-refractivity contribution in [2.45, 2.75) is 38.4 Å². The van der Waals surface area contributed by atoms with Crippen LogP contribution in [0.25, 0.3) is 22.0 Å². The summed E-state index contributed by atoms with van der Waals surface area (Å²) in [6.45, 7) is 3.60. The highest BCUT2D eigenvalue weighted by Gasteiger charge is 2.30. The van der Waals surface area contributed by atoms with Gasteiger partial charge in [-0.3, -0.25) is 9.48 Å². The van der Waals surface area contributed by atoms with E-state index in [-0.39, 0.29) is 24.3 Å². The molecule has 2 aliphatic rings.